The van der Waals surface area contributed by atoms with Gasteiger partial charge in [0.15, 0.2) is 0 Å². The van der Waals surface area contributed by atoms with E-state index >= 15 is 0 Å². The molecule has 0 bridgehead atoms. The van der Waals surface area contributed by atoms with Crippen molar-refractivity contribution in [3.8, 4) is 0 Å². The van der Waals surface area contributed by atoms with Crippen molar-refractivity contribution in [3.05, 3.63) is 22.4 Å². The molecular weight excluding hydrogens is 194 g/mol. The molecule has 0 fully saturated rings. The molecule has 14 heavy (non-hydrogen) atoms. The number of unbranched alkanes of at least 4 members (excludes halogenated alkanes) is 1. The van der Waals surface area contributed by atoms with Gasteiger partial charge in [-0.25, -0.2) is 0 Å². The van der Waals surface area contributed by atoms with Crippen LogP contribution in [-0.2, 0) is 11.3 Å². The second-order valence-electron chi connectivity index (χ2n) is 3.22. The maximum Gasteiger partial charge on any atom is 0.0591 e. The van der Waals surface area contributed by atoms with Crippen molar-refractivity contribution in [3.63, 3.8) is 0 Å². The van der Waals surface area contributed by atoms with Crippen molar-refractivity contribution in [2.75, 3.05) is 19.8 Å². The largest absolute Gasteiger partial charge is 0.380 e. The van der Waals surface area contributed by atoms with Crippen molar-refractivity contribution in [2.45, 2.75) is 26.3 Å². The highest BCUT2D eigenvalue weighted by Crippen LogP contribution is 2.06. The normalized spacial score (nSPS) is 10.6. The van der Waals surface area contributed by atoms with E-state index in [9.17, 15) is 0 Å². The fourth-order valence-corrected chi connectivity index (χ4v) is 1.79. The minimum absolute atomic E-state index is 0.825. The topological polar surface area (TPSA) is 21.3 Å². The predicted octanol–water partition coefficient (Wildman–Crippen LogP) is 2.65. The summed E-state index contributed by atoms with van der Waals surface area (Å²) in [4.78, 5) is 1.39. The Bertz CT molecular complexity index is 211. The monoisotopic (exact) mass is 213 g/mol. The van der Waals surface area contributed by atoms with Gasteiger partial charge in [0, 0.05) is 24.6 Å². The van der Waals surface area contributed by atoms with Gasteiger partial charge >= 0.3 is 0 Å². The number of rotatable bonds is 8. The Morgan fingerprint density at radius 1 is 1.43 bits per heavy atom. The molecule has 1 aromatic heterocycles. The second-order valence-corrected chi connectivity index (χ2v) is 4.25. The molecule has 0 spiro atoms. The van der Waals surface area contributed by atoms with Crippen LogP contribution in [0, 0.1) is 0 Å². The third-order valence-electron chi connectivity index (χ3n) is 1.94. The van der Waals surface area contributed by atoms with E-state index < -0.39 is 0 Å². The summed E-state index contributed by atoms with van der Waals surface area (Å²) in [6, 6.07) is 4.23. The van der Waals surface area contributed by atoms with Crippen LogP contribution in [0.15, 0.2) is 17.5 Å². The van der Waals surface area contributed by atoms with Crippen LogP contribution < -0.4 is 5.32 Å². The van der Waals surface area contributed by atoms with E-state index in [1.54, 1.807) is 11.3 Å². The van der Waals surface area contributed by atoms with Gasteiger partial charge in [-0.2, -0.15) is 0 Å². The lowest BCUT2D eigenvalue weighted by atomic mass is 10.4. The van der Waals surface area contributed by atoms with Crippen molar-refractivity contribution in [1.82, 2.24) is 5.32 Å². The Morgan fingerprint density at radius 3 is 3.07 bits per heavy atom. The molecule has 0 radical (unpaired) electrons. The van der Waals surface area contributed by atoms with Gasteiger partial charge in [0.1, 0.15) is 0 Å². The SMILES string of the molecule is CCCCOCCNCc1cccs1. The molecule has 0 saturated heterocycles. The molecule has 1 N–H and O–H groups in total. The Hall–Kier alpha value is -0.380. The zero-order chi connectivity index (χ0) is 10.1. The third-order valence-corrected chi connectivity index (χ3v) is 2.82. The Balaban J connectivity index is 1.85. The van der Waals surface area contributed by atoms with Gasteiger partial charge in [-0.15, -0.1) is 11.3 Å². The van der Waals surface area contributed by atoms with Gasteiger partial charge in [-0.3, -0.25) is 0 Å². The van der Waals surface area contributed by atoms with Crippen LogP contribution in [0.2, 0.25) is 0 Å². The first-order valence-electron chi connectivity index (χ1n) is 5.24. The van der Waals surface area contributed by atoms with Crippen LogP contribution in [0.5, 0.6) is 0 Å². The van der Waals surface area contributed by atoms with E-state index in [2.05, 4.69) is 29.8 Å². The maximum absolute atomic E-state index is 5.43. The lowest BCUT2D eigenvalue weighted by Crippen LogP contribution is -2.18. The van der Waals surface area contributed by atoms with Crippen LogP contribution in [-0.4, -0.2) is 19.8 Å². The first-order valence-corrected chi connectivity index (χ1v) is 6.12. The van der Waals surface area contributed by atoms with Crippen LogP contribution in [0.4, 0.5) is 0 Å². The number of nitrogens with one attached hydrogen (secondary N) is 1. The summed E-state index contributed by atoms with van der Waals surface area (Å²) in [5.74, 6) is 0. The fraction of sp³-hybridized carbons (Fsp3) is 0.636. The second kappa shape index (κ2) is 7.97. The van der Waals surface area contributed by atoms with Crippen molar-refractivity contribution >= 4 is 11.3 Å². The molecule has 0 unspecified atom stereocenters. The smallest absolute Gasteiger partial charge is 0.0591 e. The zero-order valence-electron chi connectivity index (χ0n) is 8.79. The van der Waals surface area contributed by atoms with E-state index in [0.29, 0.717) is 0 Å². The highest BCUT2D eigenvalue weighted by molar-refractivity contribution is 7.09. The lowest BCUT2D eigenvalue weighted by molar-refractivity contribution is 0.133. The van der Waals surface area contributed by atoms with E-state index in [1.165, 1.54) is 17.7 Å². The molecule has 2 nitrogen and oxygen atoms in total. The minimum Gasteiger partial charge on any atom is -0.380 e. The molecule has 0 aliphatic carbocycles. The summed E-state index contributed by atoms with van der Waals surface area (Å²) < 4.78 is 5.43. The van der Waals surface area contributed by atoms with E-state index in [0.717, 1.165) is 26.3 Å². The van der Waals surface area contributed by atoms with Gasteiger partial charge in [-0.1, -0.05) is 19.4 Å². The van der Waals surface area contributed by atoms with E-state index in [4.69, 9.17) is 4.74 Å². The average molecular weight is 213 g/mol. The predicted molar refractivity (Wildman–Crippen MR) is 61.8 cm³/mol. The number of thiophene rings is 1. The summed E-state index contributed by atoms with van der Waals surface area (Å²) >= 11 is 1.79. The van der Waals surface area contributed by atoms with Crippen LogP contribution in [0.1, 0.15) is 24.6 Å². The lowest BCUT2D eigenvalue weighted by Gasteiger charge is -2.04. The van der Waals surface area contributed by atoms with E-state index in [-0.39, 0.29) is 0 Å². The van der Waals surface area contributed by atoms with Crippen molar-refractivity contribution < 1.29 is 4.74 Å². The van der Waals surface area contributed by atoms with E-state index in [1.807, 2.05) is 0 Å². The van der Waals surface area contributed by atoms with Gasteiger partial charge in [-0.05, 0) is 17.9 Å². The third kappa shape index (κ3) is 5.37. The van der Waals surface area contributed by atoms with Crippen LogP contribution in [0.25, 0.3) is 0 Å². The van der Waals surface area contributed by atoms with Gasteiger partial charge in [0.25, 0.3) is 0 Å². The van der Waals surface area contributed by atoms with Crippen molar-refractivity contribution in [1.29, 1.82) is 0 Å². The molecule has 1 heterocycles. The quantitative estimate of drug-likeness (QED) is 0.670. The number of ether oxygens (including phenoxy) is 1. The fourth-order valence-electron chi connectivity index (χ4n) is 1.12. The van der Waals surface area contributed by atoms with Crippen LogP contribution in [0.3, 0.4) is 0 Å². The Morgan fingerprint density at radius 2 is 2.36 bits per heavy atom. The molecule has 1 aromatic rings. The summed E-state index contributed by atoms with van der Waals surface area (Å²) in [5.41, 5.74) is 0. The zero-order valence-corrected chi connectivity index (χ0v) is 9.61. The molecular formula is C11H19NOS. The molecule has 0 aliphatic rings. The summed E-state index contributed by atoms with van der Waals surface area (Å²) in [6.07, 6.45) is 2.38. The Kier molecular flexibility index (Phi) is 6.66. The van der Waals surface area contributed by atoms with Gasteiger partial charge in [0.2, 0.25) is 0 Å². The first kappa shape index (κ1) is 11.7. The summed E-state index contributed by atoms with van der Waals surface area (Å²) in [5, 5.41) is 5.46. The molecule has 80 valence electrons. The summed E-state index contributed by atoms with van der Waals surface area (Å²) in [6.45, 7) is 5.82. The van der Waals surface area contributed by atoms with Crippen molar-refractivity contribution in [2.24, 2.45) is 0 Å². The molecule has 3 heteroatoms. The molecule has 0 amide bonds. The average Bonchev–Trinajstić information content (AvgIpc) is 2.69. The highest BCUT2D eigenvalue weighted by atomic mass is 32.1. The Labute approximate surface area is 90.3 Å². The van der Waals surface area contributed by atoms with Gasteiger partial charge in [0.05, 0.1) is 6.61 Å². The molecule has 0 atom stereocenters. The maximum atomic E-state index is 5.43. The van der Waals surface area contributed by atoms with Crippen LogP contribution >= 0.6 is 11.3 Å². The first-order chi connectivity index (χ1) is 6.93. The standard InChI is InChI=1S/C11H19NOS/c1-2-3-7-13-8-6-12-10-11-5-4-9-14-11/h4-5,9,12H,2-3,6-8,10H2,1H3. The molecule has 0 saturated carbocycles. The molecule has 0 aromatic carbocycles. The molecule has 1 rings (SSSR count). The summed E-state index contributed by atoms with van der Waals surface area (Å²) in [7, 11) is 0. The molecule has 0 aliphatic heterocycles. The van der Waals surface area contributed by atoms with Gasteiger partial charge < -0.3 is 10.1 Å². The number of hydrogen-bond donors (Lipinski definition) is 1. The minimum atomic E-state index is 0.825. The number of hydrogen-bond acceptors (Lipinski definition) is 3. The highest BCUT2D eigenvalue weighted by Gasteiger charge is 1.92.